The lowest BCUT2D eigenvalue weighted by atomic mass is 9.84. The fourth-order valence-electron chi connectivity index (χ4n) is 7.91. The van der Waals surface area contributed by atoms with Gasteiger partial charge < -0.3 is 40.0 Å². The molecular weight excluding hydrogens is 711 g/mol. The Labute approximate surface area is 319 Å². The molecule has 2 heterocycles. The minimum absolute atomic E-state index is 0.00216. The van der Waals surface area contributed by atoms with E-state index in [0.29, 0.717) is 60.5 Å². The van der Waals surface area contributed by atoms with E-state index >= 15 is 0 Å². The van der Waals surface area contributed by atoms with Gasteiger partial charge in [0.1, 0.15) is 34.3 Å². The third kappa shape index (κ3) is 9.14. The summed E-state index contributed by atoms with van der Waals surface area (Å²) in [6.45, 7) is 4.05. The minimum atomic E-state index is -0.852. The Hall–Kier alpha value is -3.35. The van der Waals surface area contributed by atoms with Gasteiger partial charge in [0, 0.05) is 53.8 Å². The predicted octanol–water partition coefficient (Wildman–Crippen LogP) is 8.37. The summed E-state index contributed by atoms with van der Waals surface area (Å²) in [4.78, 5) is 14.3. The normalized spacial score (nSPS) is 18.0. The van der Waals surface area contributed by atoms with Crippen LogP contribution >= 0.6 is 21.6 Å². The van der Waals surface area contributed by atoms with Crippen molar-refractivity contribution in [1.82, 2.24) is 5.32 Å². The molecule has 11 heteroatoms. The molecule has 1 fully saturated rings. The summed E-state index contributed by atoms with van der Waals surface area (Å²) in [7, 11) is 5.29. The van der Waals surface area contributed by atoms with E-state index in [0.717, 1.165) is 48.1 Å². The summed E-state index contributed by atoms with van der Waals surface area (Å²) in [6.07, 6.45) is 6.19. The lowest BCUT2D eigenvalue weighted by Gasteiger charge is -2.29. The highest BCUT2D eigenvalue weighted by molar-refractivity contribution is 8.76. The zero-order valence-corrected chi connectivity index (χ0v) is 32.5. The van der Waals surface area contributed by atoms with Crippen molar-refractivity contribution in [3.05, 3.63) is 80.5 Å². The van der Waals surface area contributed by atoms with Gasteiger partial charge >= 0.3 is 0 Å². The molecule has 3 unspecified atom stereocenters. The second-order valence-corrected chi connectivity index (χ2v) is 17.6. The Balaban J connectivity index is 1.47. The van der Waals surface area contributed by atoms with Crippen molar-refractivity contribution in [3.8, 4) is 34.3 Å². The van der Waals surface area contributed by atoms with E-state index in [-0.39, 0.29) is 52.5 Å². The molecular formula is C42H53NO8S2. The molecule has 6 rings (SSSR count). The molecule has 0 spiro atoms. The van der Waals surface area contributed by atoms with Gasteiger partial charge in [0.2, 0.25) is 11.2 Å². The number of benzene rings is 3. The van der Waals surface area contributed by atoms with E-state index in [1.54, 1.807) is 21.6 Å². The van der Waals surface area contributed by atoms with Gasteiger partial charge in [-0.3, -0.25) is 4.79 Å². The van der Waals surface area contributed by atoms with Gasteiger partial charge in [-0.15, -0.1) is 0 Å². The van der Waals surface area contributed by atoms with Crippen LogP contribution in [0, 0.1) is 11.8 Å². The number of hydrogen-bond donors (Lipinski definition) is 6. The van der Waals surface area contributed by atoms with Crippen molar-refractivity contribution in [2.75, 3.05) is 19.4 Å². The Kier molecular flexibility index (Phi) is 13.3. The number of phenols is 2. The van der Waals surface area contributed by atoms with E-state index in [1.807, 2.05) is 25.2 Å². The topological polar surface area (TPSA) is 153 Å². The Morgan fingerprint density at radius 3 is 2.53 bits per heavy atom. The molecule has 3 aromatic carbocycles. The molecule has 3 atom stereocenters. The largest absolute Gasteiger partial charge is 0.508 e. The number of fused-ring (bicyclic) bond motifs is 4. The monoisotopic (exact) mass is 763 g/mol. The maximum atomic E-state index is 14.3. The molecule has 2 aliphatic rings. The first-order chi connectivity index (χ1) is 25.6. The standard InChI is InChI=1S/C42H53NO8S2/c1-24(2)15-28-19-31(32-22-52-53-23-33(43-3)27-12-7-11-26(16-27)17-30(32)39(28)47)42-41(49)40(48)38-36(20-29(45)21-37(38)51-42)50-35(13-8-14-44)34(46)18-25-9-5-4-6-10-25/h7,11-12,16,19-21,24-25,33-35,43-47,49H,4-6,8-10,13-15,17-18,22-23H2,1-3H3. The van der Waals surface area contributed by atoms with E-state index < -0.39 is 23.4 Å². The van der Waals surface area contributed by atoms with Crippen LogP contribution in [0.15, 0.2) is 51.7 Å². The van der Waals surface area contributed by atoms with Crippen LogP contribution in [0.5, 0.6) is 23.0 Å². The van der Waals surface area contributed by atoms with Gasteiger partial charge in [0.15, 0.2) is 5.76 Å². The average Bonchev–Trinajstić information content (AvgIpc) is 3.15. The predicted molar refractivity (Wildman–Crippen MR) is 214 cm³/mol. The molecule has 9 nitrogen and oxygen atoms in total. The van der Waals surface area contributed by atoms with Crippen LogP contribution in [-0.2, 0) is 18.6 Å². The molecule has 0 radical (unpaired) electrons. The number of ether oxygens (including phenoxy) is 1. The van der Waals surface area contributed by atoms with Gasteiger partial charge in [-0.05, 0) is 72.9 Å². The molecule has 1 aromatic heterocycles. The lowest BCUT2D eigenvalue weighted by molar-refractivity contribution is 0.00987. The van der Waals surface area contributed by atoms with E-state index in [1.165, 1.54) is 18.6 Å². The van der Waals surface area contributed by atoms with Crippen LogP contribution in [0.2, 0.25) is 0 Å². The van der Waals surface area contributed by atoms with Crippen LogP contribution in [0.3, 0.4) is 0 Å². The summed E-state index contributed by atoms with van der Waals surface area (Å²) in [5.74, 6) is 1.20. The number of aliphatic hydroxyl groups is 2. The average molecular weight is 764 g/mol. The van der Waals surface area contributed by atoms with Crippen molar-refractivity contribution >= 4 is 32.6 Å². The van der Waals surface area contributed by atoms with Crippen LogP contribution in [0.25, 0.3) is 22.3 Å². The third-order valence-electron chi connectivity index (χ3n) is 10.6. The quantitative estimate of drug-likeness (QED) is 0.0772. The number of aliphatic hydroxyl groups excluding tert-OH is 2. The minimum Gasteiger partial charge on any atom is -0.508 e. The zero-order chi connectivity index (χ0) is 37.6. The summed E-state index contributed by atoms with van der Waals surface area (Å²) in [6, 6.07) is 13.0. The van der Waals surface area contributed by atoms with Gasteiger partial charge in [-0.25, -0.2) is 0 Å². The van der Waals surface area contributed by atoms with Crippen LogP contribution in [0.1, 0.15) is 99.1 Å². The highest BCUT2D eigenvalue weighted by atomic mass is 33.1. The van der Waals surface area contributed by atoms with Crippen molar-refractivity contribution in [1.29, 1.82) is 0 Å². The fraction of sp³-hybridized carbons (Fsp3) is 0.500. The molecule has 4 aromatic rings. The highest BCUT2D eigenvalue weighted by Gasteiger charge is 2.30. The molecule has 0 saturated heterocycles. The Morgan fingerprint density at radius 1 is 1.00 bits per heavy atom. The molecule has 1 saturated carbocycles. The second kappa shape index (κ2) is 17.9. The first kappa shape index (κ1) is 39.3. The maximum absolute atomic E-state index is 14.3. The molecule has 1 aliphatic carbocycles. The fourth-order valence-corrected chi connectivity index (χ4v) is 10.3. The smallest absolute Gasteiger partial charge is 0.238 e. The highest BCUT2D eigenvalue weighted by Crippen LogP contribution is 2.45. The third-order valence-corrected chi connectivity index (χ3v) is 13.0. The lowest BCUT2D eigenvalue weighted by Crippen LogP contribution is -2.34. The molecule has 2 bridgehead atoms. The zero-order valence-electron chi connectivity index (χ0n) is 30.9. The van der Waals surface area contributed by atoms with Crippen molar-refractivity contribution in [2.45, 2.75) is 102 Å². The van der Waals surface area contributed by atoms with E-state index in [2.05, 4.69) is 31.3 Å². The number of phenolic OH excluding ortho intramolecular Hbond substituents is 2. The summed E-state index contributed by atoms with van der Waals surface area (Å²) < 4.78 is 12.8. The van der Waals surface area contributed by atoms with Crippen LogP contribution in [0.4, 0.5) is 0 Å². The number of aromatic hydroxyl groups is 3. The summed E-state index contributed by atoms with van der Waals surface area (Å²) in [5, 5.41) is 58.8. The second-order valence-electron chi connectivity index (χ2n) is 15.1. The van der Waals surface area contributed by atoms with Gasteiger partial charge in [-0.2, -0.15) is 0 Å². The molecule has 286 valence electrons. The van der Waals surface area contributed by atoms with Crippen molar-refractivity contribution in [2.24, 2.45) is 11.8 Å². The molecule has 0 amide bonds. The summed E-state index contributed by atoms with van der Waals surface area (Å²) >= 11 is 0. The van der Waals surface area contributed by atoms with Gasteiger partial charge in [-0.1, -0.05) is 91.8 Å². The van der Waals surface area contributed by atoms with Gasteiger partial charge in [0.05, 0.1) is 6.10 Å². The number of hydrogen-bond acceptors (Lipinski definition) is 11. The molecule has 6 N–H and O–H groups in total. The Bertz CT molecular complexity index is 1940. The first-order valence-corrected chi connectivity index (χ1v) is 21.4. The number of rotatable bonds is 12. The Morgan fingerprint density at radius 2 is 1.79 bits per heavy atom. The maximum Gasteiger partial charge on any atom is 0.238 e. The first-order valence-electron chi connectivity index (χ1n) is 18.9. The summed E-state index contributed by atoms with van der Waals surface area (Å²) in [5.41, 5.74) is 4.15. The number of nitrogens with one attached hydrogen (secondary N) is 1. The SMILES string of the molecule is CNC1CSSCc2c(-c3oc4cc(O)cc(OC(CCCO)C(O)CC5CCCCC5)c4c(=O)c3O)cc(CC(C)C)c(O)c2Cc2cccc1c2. The van der Waals surface area contributed by atoms with Gasteiger partial charge in [0.25, 0.3) is 0 Å². The molecule has 53 heavy (non-hydrogen) atoms. The van der Waals surface area contributed by atoms with Crippen LogP contribution in [-0.4, -0.2) is 57.1 Å². The van der Waals surface area contributed by atoms with Crippen molar-refractivity contribution in [3.63, 3.8) is 0 Å². The van der Waals surface area contributed by atoms with E-state index in [4.69, 9.17) is 9.15 Å². The molecule has 1 aliphatic heterocycles. The van der Waals surface area contributed by atoms with Crippen molar-refractivity contribution < 1.29 is 34.7 Å². The van der Waals surface area contributed by atoms with E-state index in [9.17, 15) is 30.3 Å². The van der Waals surface area contributed by atoms with Crippen LogP contribution < -0.4 is 15.5 Å².